The standard InChI is InChI=1S/C8H17N3O/c1-6(9)8(12)11-4-2-3-7(10)5-11/h6-7H,2-5,9-10H2,1H3/t6-,7?/m0/s1. The van der Waals surface area contributed by atoms with Gasteiger partial charge in [0.15, 0.2) is 0 Å². The van der Waals surface area contributed by atoms with Crippen LogP contribution in [0.5, 0.6) is 0 Å². The lowest BCUT2D eigenvalue weighted by Crippen LogP contribution is -2.50. The molecule has 0 bridgehead atoms. The zero-order valence-electron chi connectivity index (χ0n) is 7.49. The summed E-state index contributed by atoms with van der Waals surface area (Å²) >= 11 is 0. The molecule has 1 amide bonds. The predicted molar refractivity (Wildman–Crippen MR) is 47.4 cm³/mol. The smallest absolute Gasteiger partial charge is 0.239 e. The van der Waals surface area contributed by atoms with Crippen molar-refractivity contribution in [2.45, 2.75) is 31.8 Å². The largest absolute Gasteiger partial charge is 0.340 e. The molecule has 0 aromatic rings. The normalized spacial score (nSPS) is 26.9. The summed E-state index contributed by atoms with van der Waals surface area (Å²) in [5, 5.41) is 0. The van der Waals surface area contributed by atoms with Crippen LogP contribution < -0.4 is 11.5 Å². The Kier molecular flexibility index (Phi) is 3.05. The number of amides is 1. The number of rotatable bonds is 1. The number of likely N-dealkylation sites (tertiary alicyclic amines) is 1. The Morgan fingerprint density at radius 3 is 2.83 bits per heavy atom. The summed E-state index contributed by atoms with van der Waals surface area (Å²) in [6.07, 6.45) is 2.02. The van der Waals surface area contributed by atoms with Crippen LogP contribution in [-0.4, -0.2) is 36.0 Å². The van der Waals surface area contributed by atoms with E-state index in [1.165, 1.54) is 0 Å². The van der Waals surface area contributed by atoms with Crippen LogP contribution in [0.3, 0.4) is 0 Å². The van der Waals surface area contributed by atoms with Gasteiger partial charge in [0, 0.05) is 19.1 Å². The van der Waals surface area contributed by atoms with Gasteiger partial charge in [0.2, 0.25) is 5.91 Å². The lowest BCUT2D eigenvalue weighted by molar-refractivity contribution is -0.133. The van der Waals surface area contributed by atoms with E-state index >= 15 is 0 Å². The average Bonchev–Trinajstić information content (AvgIpc) is 2.03. The van der Waals surface area contributed by atoms with Gasteiger partial charge in [0.05, 0.1) is 6.04 Å². The van der Waals surface area contributed by atoms with Gasteiger partial charge in [-0.2, -0.15) is 0 Å². The van der Waals surface area contributed by atoms with E-state index in [-0.39, 0.29) is 11.9 Å². The minimum absolute atomic E-state index is 0.0187. The molecule has 1 unspecified atom stereocenters. The van der Waals surface area contributed by atoms with Gasteiger partial charge in [0.1, 0.15) is 0 Å². The van der Waals surface area contributed by atoms with E-state index in [4.69, 9.17) is 11.5 Å². The van der Waals surface area contributed by atoms with E-state index in [0.29, 0.717) is 6.54 Å². The molecule has 1 aliphatic heterocycles. The minimum atomic E-state index is -0.393. The van der Waals surface area contributed by atoms with Crippen LogP contribution in [0.2, 0.25) is 0 Å². The SMILES string of the molecule is C[C@H](N)C(=O)N1CCCC(N)C1. The molecular weight excluding hydrogens is 154 g/mol. The fourth-order valence-corrected chi connectivity index (χ4v) is 1.50. The number of nitrogens with zero attached hydrogens (tertiary/aromatic N) is 1. The van der Waals surface area contributed by atoms with Crippen molar-refractivity contribution >= 4 is 5.91 Å². The van der Waals surface area contributed by atoms with Gasteiger partial charge in [-0.05, 0) is 19.8 Å². The minimum Gasteiger partial charge on any atom is -0.340 e. The summed E-state index contributed by atoms with van der Waals surface area (Å²) in [6.45, 7) is 3.19. The molecule has 2 atom stereocenters. The molecule has 0 radical (unpaired) electrons. The third kappa shape index (κ3) is 2.19. The monoisotopic (exact) mass is 171 g/mol. The van der Waals surface area contributed by atoms with E-state index in [1.54, 1.807) is 11.8 Å². The highest BCUT2D eigenvalue weighted by molar-refractivity contribution is 5.81. The zero-order valence-corrected chi connectivity index (χ0v) is 7.49. The molecule has 4 N–H and O–H groups in total. The second-order valence-electron chi connectivity index (χ2n) is 3.48. The number of hydrogen-bond donors (Lipinski definition) is 2. The van der Waals surface area contributed by atoms with E-state index in [2.05, 4.69) is 0 Å². The lowest BCUT2D eigenvalue weighted by atomic mass is 10.1. The van der Waals surface area contributed by atoms with Crippen molar-refractivity contribution in [3.8, 4) is 0 Å². The molecule has 1 fully saturated rings. The zero-order chi connectivity index (χ0) is 9.14. The first-order chi connectivity index (χ1) is 5.61. The van der Waals surface area contributed by atoms with E-state index < -0.39 is 6.04 Å². The fourth-order valence-electron chi connectivity index (χ4n) is 1.50. The third-order valence-electron chi connectivity index (χ3n) is 2.16. The van der Waals surface area contributed by atoms with Crippen LogP contribution in [0.25, 0.3) is 0 Å². The first kappa shape index (κ1) is 9.48. The lowest BCUT2D eigenvalue weighted by Gasteiger charge is -2.31. The molecule has 4 nitrogen and oxygen atoms in total. The first-order valence-corrected chi connectivity index (χ1v) is 4.41. The van der Waals surface area contributed by atoms with Crippen LogP contribution in [0.15, 0.2) is 0 Å². The van der Waals surface area contributed by atoms with Gasteiger partial charge >= 0.3 is 0 Å². The molecule has 1 aliphatic rings. The van der Waals surface area contributed by atoms with Crippen LogP contribution in [0.1, 0.15) is 19.8 Å². The summed E-state index contributed by atoms with van der Waals surface area (Å²) in [6, 6.07) is -0.253. The summed E-state index contributed by atoms with van der Waals surface area (Å²) in [4.78, 5) is 13.2. The molecule has 0 spiro atoms. The molecule has 1 saturated heterocycles. The van der Waals surface area contributed by atoms with Crippen molar-refractivity contribution in [2.75, 3.05) is 13.1 Å². The molecule has 12 heavy (non-hydrogen) atoms. The van der Waals surface area contributed by atoms with E-state index in [9.17, 15) is 4.79 Å². The Hall–Kier alpha value is -0.610. The maximum Gasteiger partial charge on any atom is 0.239 e. The van der Waals surface area contributed by atoms with Gasteiger partial charge in [-0.1, -0.05) is 0 Å². The van der Waals surface area contributed by atoms with Crippen molar-refractivity contribution in [1.82, 2.24) is 4.90 Å². The quantitative estimate of drug-likeness (QED) is 0.547. The van der Waals surface area contributed by atoms with E-state index in [1.807, 2.05) is 0 Å². The van der Waals surface area contributed by atoms with Crippen molar-refractivity contribution in [3.63, 3.8) is 0 Å². The molecule has 0 aromatic carbocycles. The average molecular weight is 171 g/mol. The highest BCUT2D eigenvalue weighted by Crippen LogP contribution is 2.08. The summed E-state index contributed by atoms with van der Waals surface area (Å²) in [7, 11) is 0. The van der Waals surface area contributed by atoms with Gasteiger partial charge in [-0.15, -0.1) is 0 Å². The molecule has 0 saturated carbocycles. The second-order valence-corrected chi connectivity index (χ2v) is 3.48. The Morgan fingerprint density at radius 2 is 2.33 bits per heavy atom. The summed E-state index contributed by atoms with van der Waals surface area (Å²) < 4.78 is 0. The summed E-state index contributed by atoms with van der Waals surface area (Å²) in [5.41, 5.74) is 11.2. The van der Waals surface area contributed by atoms with Crippen LogP contribution in [0.4, 0.5) is 0 Å². The Bertz CT molecular complexity index is 170. The molecule has 4 heteroatoms. The highest BCUT2D eigenvalue weighted by Gasteiger charge is 2.22. The molecule has 1 rings (SSSR count). The number of hydrogen-bond acceptors (Lipinski definition) is 3. The fraction of sp³-hybridized carbons (Fsp3) is 0.875. The maximum absolute atomic E-state index is 11.4. The van der Waals surface area contributed by atoms with Gasteiger partial charge in [-0.3, -0.25) is 4.79 Å². The Labute approximate surface area is 72.9 Å². The topological polar surface area (TPSA) is 72.4 Å². The molecule has 0 aromatic heterocycles. The number of carbonyl (C=O) groups excluding carboxylic acids is 1. The number of piperidine rings is 1. The maximum atomic E-state index is 11.4. The predicted octanol–water partition coefficient (Wildman–Crippen LogP) is -0.717. The van der Waals surface area contributed by atoms with Crippen molar-refractivity contribution < 1.29 is 4.79 Å². The number of carbonyl (C=O) groups is 1. The molecular formula is C8H17N3O. The third-order valence-corrected chi connectivity index (χ3v) is 2.16. The van der Waals surface area contributed by atoms with Crippen LogP contribution >= 0.6 is 0 Å². The van der Waals surface area contributed by atoms with Crippen molar-refractivity contribution in [2.24, 2.45) is 11.5 Å². The summed E-state index contributed by atoms with van der Waals surface area (Å²) in [5.74, 6) is 0.0187. The second kappa shape index (κ2) is 3.87. The van der Waals surface area contributed by atoms with Gasteiger partial charge < -0.3 is 16.4 Å². The van der Waals surface area contributed by atoms with Gasteiger partial charge in [-0.25, -0.2) is 0 Å². The van der Waals surface area contributed by atoms with Crippen LogP contribution in [-0.2, 0) is 4.79 Å². The van der Waals surface area contributed by atoms with Crippen molar-refractivity contribution in [3.05, 3.63) is 0 Å². The number of nitrogens with two attached hydrogens (primary N) is 2. The van der Waals surface area contributed by atoms with Gasteiger partial charge in [0.25, 0.3) is 0 Å². The first-order valence-electron chi connectivity index (χ1n) is 4.41. The molecule has 70 valence electrons. The Balaban J connectivity index is 2.46. The highest BCUT2D eigenvalue weighted by atomic mass is 16.2. The van der Waals surface area contributed by atoms with E-state index in [0.717, 1.165) is 19.4 Å². The Morgan fingerprint density at radius 1 is 1.67 bits per heavy atom. The van der Waals surface area contributed by atoms with Crippen LogP contribution in [0, 0.1) is 0 Å². The molecule has 0 aliphatic carbocycles. The molecule has 1 heterocycles. The van der Waals surface area contributed by atoms with Crippen molar-refractivity contribution in [1.29, 1.82) is 0 Å².